The van der Waals surface area contributed by atoms with E-state index in [9.17, 15) is 14.9 Å². The fraction of sp³-hybridized carbons (Fsp3) is 0.333. The van der Waals surface area contributed by atoms with E-state index in [0.29, 0.717) is 5.92 Å². The molecule has 0 heterocycles. The molecule has 6 nitrogen and oxygen atoms in total. The molecule has 2 rings (SSSR count). The van der Waals surface area contributed by atoms with E-state index in [1.54, 1.807) is 0 Å². The molecule has 1 amide bonds. The van der Waals surface area contributed by atoms with Gasteiger partial charge in [-0.2, -0.15) is 5.10 Å². The fourth-order valence-electron chi connectivity index (χ4n) is 1.56. The summed E-state index contributed by atoms with van der Waals surface area (Å²) in [6.07, 6.45) is 2.23. The van der Waals surface area contributed by atoms with Gasteiger partial charge < -0.3 is 0 Å². The van der Waals surface area contributed by atoms with Crippen molar-refractivity contribution in [1.82, 2.24) is 5.43 Å². The van der Waals surface area contributed by atoms with E-state index in [0.717, 1.165) is 18.6 Å². The Balaban J connectivity index is 2.06. The van der Waals surface area contributed by atoms with Crippen LogP contribution in [0.1, 0.15) is 30.1 Å². The molecular formula is C12H13N3O3. The highest BCUT2D eigenvalue weighted by molar-refractivity contribution is 5.96. The van der Waals surface area contributed by atoms with Gasteiger partial charge in [0.15, 0.2) is 0 Å². The Labute approximate surface area is 104 Å². The zero-order chi connectivity index (χ0) is 13.1. The van der Waals surface area contributed by atoms with Gasteiger partial charge in [-0.05, 0) is 31.7 Å². The molecule has 1 aliphatic carbocycles. The average molecular weight is 247 g/mol. The van der Waals surface area contributed by atoms with Crippen molar-refractivity contribution in [2.45, 2.75) is 19.8 Å². The minimum atomic E-state index is -0.532. The molecule has 0 unspecified atom stereocenters. The topological polar surface area (TPSA) is 84.6 Å². The number of rotatable bonds is 4. The Morgan fingerprint density at radius 1 is 1.50 bits per heavy atom. The van der Waals surface area contributed by atoms with Crippen LogP contribution in [0.25, 0.3) is 0 Å². The molecule has 0 saturated heterocycles. The lowest BCUT2D eigenvalue weighted by Gasteiger charge is -2.01. The highest BCUT2D eigenvalue weighted by Crippen LogP contribution is 2.30. The molecule has 1 aliphatic rings. The zero-order valence-corrected chi connectivity index (χ0v) is 9.92. The van der Waals surface area contributed by atoms with Gasteiger partial charge in [-0.25, -0.2) is 5.43 Å². The van der Waals surface area contributed by atoms with Gasteiger partial charge in [0, 0.05) is 23.4 Å². The van der Waals surface area contributed by atoms with Crippen molar-refractivity contribution in [3.63, 3.8) is 0 Å². The standard InChI is InChI=1S/C12H13N3O3/c1-8(9-5-6-9)13-14-12(16)10-3-2-4-11(7-10)15(17)18/h2-4,7,9H,5-6H2,1H3,(H,14,16)/b13-8+. The predicted octanol–water partition coefficient (Wildman–Crippen LogP) is 2.11. The van der Waals surface area contributed by atoms with Crippen LogP contribution in [0.4, 0.5) is 5.69 Å². The first kappa shape index (κ1) is 12.2. The number of nitro groups is 1. The van der Waals surface area contributed by atoms with Crippen molar-refractivity contribution < 1.29 is 9.72 Å². The van der Waals surface area contributed by atoms with Crippen LogP contribution < -0.4 is 5.43 Å². The lowest BCUT2D eigenvalue weighted by molar-refractivity contribution is -0.384. The van der Waals surface area contributed by atoms with E-state index < -0.39 is 10.8 Å². The lowest BCUT2D eigenvalue weighted by Crippen LogP contribution is -2.19. The maximum atomic E-state index is 11.7. The van der Waals surface area contributed by atoms with E-state index in [1.165, 1.54) is 24.3 Å². The van der Waals surface area contributed by atoms with E-state index in [2.05, 4.69) is 10.5 Å². The largest absolute Gasteiger partial charge is 0.271 e. The second kappa shape index (κ2) is 4.95. The SMILES string of the molecule is C/C(=N\NC(=O)c1cccc([N+](=O)[O-])c1)C1CC1. The summed E-state index contributed by atoms with van der Waals surface area (Å²) < 4.78 is 0. The van der Waals surface area contributed by atoms with Gasteiger partial charge in [0.05, 0.1) is 4.92 Å². The second-order valence-corrected chi connectivity index (χ2v) is 4.28. The van der Waals surface area contributed by atoms with Crippen LogP contribution in [0.2, 0.25) is 0 Å². The van der Waals surface area contributed by atoms with Gasteiger partial charge >= 0.3 is 0 Å². The minimum absolute atomic E-state index is 0.106. The molecule has 94 valence electrons. The average Bonchev–Trinajstić information content (AvgIpc) is 3.20. The molecule has 1 saturated carbocycles. The van der Waals surface area contributed by atoms with Crippen molar-refractivity contribution in [2.75, 3.05) is 0 Å². The Bertz CT molecular complexity index is 521. The number of hydrogen-bond donors (Lipinski definition) is 1. The summed E-state index contributed by atoms with van der Waals surface area (Å²) in [5, 5.41) is 14.6. The summed E-state index contributed by atoms with van der Waals surface area (Å²) in [4.78, 5) is 21.8. The van der Waals surface area contributed by atoms with Crippen molar-refractivity contribution in [1.29, 1.82) is 0 Å². The third-order valence-electron chi connectivity index (χ3n) is 2.82. The van der Waals surface area contributed by atoms with Crippen molar-refractivity contribution in [2.24, 2.45) is 11.0 Å². The van der Waals surface area contributed by atoms with Crippen molar-refractivity contribution in [3.8, 4) is 0 Å². The summed E-state index contributed by atoms with van der Waals surface area (Å²) in [5.74, 6) is 0.0501. The third kappa shape index (κ3) is 2.91. The second-order valence-electron chi connectivity index (χ2n) is 4.28. The van der Waals surface area contributed by atoms with Crippen LogP contribution in [-0.2, 0) is 0 Å². The Kier molecular flexibility index (Phi) is 3.36. The number of nitrogens with zero attached hydrogens (tertiary/aromatic N) is 2. The van der Waals surface area contributed by atoms with Crippen LogP contribution in [0, 0.1) is 16.0 Å². The number of amides is 1. The van der Waals surface area contributed by atoms with Gasteiger partial charge in [-0.1, -0.05) is 6.07 Å². The predicted molar refractivity (Wildman–Crippen MR) is 66.4 cm³/mol. The highest BCUT2D eigenvalue weighted by Gasteiger charge is 2.24. The zero-order valence-electron chi connectivity index (χ0n) is 9.92. The van der Waals surface area contributed by atoms with Crippen molar-refractivity contribution >= 4 is 17.3 Å². The number of carbonyl (C=O) groups is 1. The van der Waals surface area contributed by atoms with Gasteiger partial charge in [0.2, 0.25) is 0 Å². The molecule has 0 spiro atoms. The summed E-state index contributed by atoms with van der Waals surface area (Å²) in [6, 6.07) is 5.57. The van der Waals surface area contributed by atoms with Gasteiger partial charge in [-0.3, -0.25) is 14.9 Å². The van der Waals surface area contributed by atoms with Gasteiger partial charge in [-0.15, -0.1) is 0 Å². The number of carbonyl (C=O) groups excluding carboxylic acids is 1. The molecule has 0 aliphatic heterocycles. The molecule has 0 radical (unpaired) electrons. The van der Waals surface area contributed by atoms with Crippen LogP contribution in [0.3, 0.4) is 0 Å². The summed E-state index contributed by atoms with van der Waals surface area (Å²) >= 11 is 0. The molecule has 1 aromatic rings. The van der Waals surface area contributed by atoms with E-state index in [4.69, 9.17) is 0 Å². The number of benzene rings is 1. The smallest absolute Gasteiger partial charge is 0.267 e. The quantitative estimate of drug-likeness (QED) is 0.502. The molecule has 0 atom stereocenters. The minimum Gasteiger partial charge on any atom is -0.267 e. The van der Waals surface area contributed by atoms with E-state index in [-0.39, 0.29) is 11.3 Å². The van der Waals surface area contributed by atoms with Gasteiger partial charge in [0.25, 0.3) is 11.6 Å². The number of hydrazone groups is 1. The van der Waals surface area contributed by atoms with E-state index in [1.807, 2.05) is 6.92 Å². The maximum Gasteiger partial charge on any atom is 0.271 e. The number of hydrogen-bond acceptors (Lipinski definition) is 4. The Morgan fingerprint density at radius 3 is 2.83 bits per heavy atom. The summed E-state index contributed by atoms with van der Waals surface area (Å²) in [5.41, 5.74) is 3.44. The number of nitrogens with one attached hydrogen (secondary N) is 1. The molecule has 0 aromatic heterocycles. The highest BCUT2D eigenvalue weighted by atomic mass is 16.6. The van der Waals surface area contributed by atoms with Crippen LogP contribution >= 0.6 is 0 Å². The van der Waals surface area contributed by atoms with Crippen LogP contribution in [0.5, 0.6) is 0 Å². The normalized spacial score (nSPS) is 15.3. The van der Waals surface area contributed by atoms with E-state index >= 15 is 0 Å². The van der Waals surface area contributed by atoms with Crippen LogP contribution in [0.15, 0.2) is 29.4 Å². The first-order chi connectivity index (χ1) is 8.58. The van der Waals surface area contributed by atoms with Crippen molar-refractivity contribution in [3.05, 3.63) is 39.9 Å². The molecule has 1 fully saturated rings. The molecule has 1 N–H and O–H groups in total. The first-order valence-corrected chi connectivity index (χ1v) is 5.67. The van der Waals surface area contributed by atoms with Crippen LogP contribution in [-0.4, -0.2) is 16.5 Å². The van der Waals surface area contributed by atoms with Gasteiger partial charge in [0.1, 0.15) is 0 Å². The Hall–Kier alpha value is -2.24. The molecule has 18 heavy (non-hydrogen) atoms. The third-order valence-corrected chi connectivity index (χ3v) is 2.82. The summed E-state index contributed by atoms with van der Waals surface area (Å²) in [7, 11) is 0. The lowest BCUT2D eigenvalue weighted by atomic mass is 10.2. The molecule has 6 heteroatoms. The Morgan fingerprint density at radius 2 is 2.22 bits per heavy atom. The number of non-ortho nitro benzene ring substituents is 1. The molecular weight excluding hydrogens is 234 g/mol. The first-order valence-electron chi connectivity index (χ1n) is 5.67. The fourth-order valence-corrected chi connectivity index (χ4v) is 1.56. The number of nitro benzene ring substituents is 1. The molecule has 0 bridgehead atoms. The monoisotopic (exact) mass is 247 g/mol. The molecule has 1 aromatic carbocycles. The summed E-state index contributed by atoms with van der Waals surface area (Å²) in [6.45, 7) is 1.87. The maximum absolute atomic E-state index is 11.7.